The summed E-state index contributed by atoms with van der Waals surface area (Å²) in [6.45, 7) is 9.86. The molecule has 0 aromatic heterocycles. The maximum absolute atomic E-state index is 13.4. The highest BCUT2D eigenvalue weighted by molar-refractivity contribution is 5.51. The van der Waals surface area contributed by atoms with Crippen LogP contribution in [0.15, 0.2) is 37.1 Å². The quantitative estimate of drug-likeness (QED) is 0.890. The van der Waals surface area contributed by atoms with E-state index in [1.54, 1.807) is 18.2 Å². The van der Waals surface area contributed by atoms with E-state index in [9.17, 15) is 4.39 Å². The molecule has 1 N–H and O–H groups in total. The monoisotopic (exact) mass is 288 g/mol. The van der Waals surface area contributed by atoms with Crippen LogP contribution in [0.2, 0.25) is 0 Å². The zero-order valence-corrected chi connectivity index (χ0v) is 12.9. The summed E-state index contributed by atoms with van der Waals surface area (Å²) in [5.41, 5.74) is 3.14. The third-order valence-electron chi connectivity index (χ3n) is 4.25. The maximum Gasteiger partial charge on any atom is 0.123 e. The molecule has 1 aromatic rings. The molecular weight excluding hydrogens is 263 g/mol. The Labute approximate surface area is 127 Å². The number of likely N-dealkylation sites (N-methyl/N-ethyl adjacent to an activating group) is 1. The zero-order valence-electron chi connectivity index (χ0n) is 12.9. The summed E-state index contributed by atoms with van der Waals surface area (Å²) in [6.07, 6.45) is 6.17. The minimum Gasteiger partial charge on any atom is -0.388 e. The smallest absolute Gasteiger partial charge is 0.123 e. The van der Waals surface area contributed by atoms with Crippen molar-refractivity contribution in [3.05, 3.63) is 54.0 Å². The van der Waals surface area contributed by atoms with Gasteiger partial charge in [-0.25, -0.2) is 4.39 Å². The highest BCUT2D eigenvalue weighted by Gasteiger charge is 2.20. The number of benzene rings is 1. The van der Waals surface area contributed by atoms with Crippen molar-refractivity contribution in [1.29, 1.82) is 0 Å². The minimum absolute atomic E-state index is 0.182. The summed E-state index contributed by atoms with van der Waals surface area (Å²) in [7, 11) is 2.12. The maximum atomic E-state index is 13.4. The van der Waals surface area contributed by atoms with Crippen LogP contribution < -0.4 is 5.32 Å². The van der Waals surface area contributed by atoms with Crippen LogP contribution in [-0.4, -0.2) is 31.1 Å². The molecule has 0 spiro atoms. The molecular formula is C18H25FN2. The lowest BCUT2D eigenvalue weighted by atomic mass is 10.0. The number of nitrogens with zero attached hydrogens (tertiary/aromatic N) is 1. The Hall–Kier alpha value is -1.61. The van der Waals surface area contributed by atoms with Crippen LogP contribution in [0, 0.1) is 5.82 Å². The van der Waals surface area contributed by atoms with Gasteiger partial charge in [-0.05, 0) is 56.0 Å². The van der Waals surface area contributed by atoms with Crippen molar-refractivity contribution >= 4 is 6.08 Å². The van der Waals surface area contributed by atoms with E-state index in [0.29, 0.717) is 6.04 Å². The first-order chi connectivity index (χ1) is 10.1. The van der Waals surface area contributed by atoms with Crippen LogP contribution in [0.25, 0.3) is 6.08 Å². The van der Waals surface area contributed by atoms with Crippen LogP contribution in [0.5, 0.6) is 0 Å². The fourth-order valence-corrected chi connectivity index (χ4v) is 2.93. The molecule has 1 heterocycles. The van der Waals surface area contributed by atoms with E-state index in [2.05, 4.69) is 30.4 Å². The topological polar surface area (TPSA) is 15.3 Å². The van der Waals surface area contributed by atoms with E-state index in [1.165, 1.54) is 18.9 Å². The van der Waals surface area contributed by atoms with Gasteiger partial charge in [0, 0.05) is 24.8 Å². The lowest BCUT2D eigenvalue weighted by Gasteiger charge is -2.28. The number of hydrogen-bond donors (Lipinski definition) is 1. The van der Waals surface area contributed by atoms with Gasteiger partial charge in [0.1, 0.15) is 5.82 Å². The van der Waals surface area contributed by atoms with Crippen LogP contribution in [-0.2, 0) is 6.42 Å². The zero-order chi connectivity index (χ0) is 15.2. The van der Waals surface area contributed by atoms with Gasteiger partial charge in [-0.15, -0.1) is 0 Å². The Balaban J connectivity index is 2.00. The lowest BCUT2D eigenvalue weighted by molar-refractivity contribution is 0.259. The lowest BCUT2D eigenvalue weighted by Crippen LogP contribution is -2.37. The predicted molar refractivity (Wildman–Crippen MR) is 87.6 cm³/mol. The summed E-state index contributed by atoms with van der Waals surface area (Å²) < 4.78 is 13.4. The molecule has 1 aliphatic rings. The Morgan fingerprint density at radius 2 is 2.24 bits per heavy atom. The van der Waals surface area contributed by atoms with Crippen molar-refractivity contribution in [2.45, 2.75) is 31.7 Å². The molecule has 0 radical (unpaired) electrons. The van der Waals surface area contributed by atoms with E-state index in [1.807, 2.05) is 0 Å². The molecule has 1 aliphatic heterocycles. The van der Waals surface area contributed by atoms with Crippen molar-refractivity contribution in [1.82, 2.24) is 10.2 Å². The Bertz CT molecular complexity index is 510. The fourth-order valence-electron chi connectivity index (χ4n) is 2.93. The van der Waals surface area contributed by atoms with Gasteiger partial charge in [0.05, 0.1) is 0 Å². The molecule has 2 nitrogen and oxygen atoms in total. The molecule has 1 aromatic carbocycles. The average Bonchev–Trinajstić information content (AvgIpc) is 2.69. The Kier molecular flexibility index (Phi) is 5.57. The van der Waals surface area contributed by atoms with Crippen molar-refractivity contribution in [3.8, 4) is 0 Å². The number of rotatable bonds is 5. The summed E-state index contributed by atoms with van der Waals surface area (Å²) in [5.74, 6) is -0.182. The van der Waals surface area contributed by atoms with Gasteiger partial charge in [0.2, 0.25) is 0 Å². The number of halogens is 1. The Morgan fingerprint density at radius 3 is 3.00 bits per heavy atom. The molecule has 1 saturated heterocycles. The van der Waals surface area contributed by atoms with E-state index in [-0.39, 0.29) is 5.82 Å². The first-order valence-electron chi connectivity index (χ1n) is 7.65. The third kappa shape index (κ3) is 4.18. The minimum atomic E-state index is -0.182. The van der Waals surface area contributed by atoms with Crippen LogP contribution >= 0.6 is 0 Å². The van der Waals surface area contributed by atoms with Crippen molar-refractivity contribution in [2.24, 2.45) is 0 Å². The van der Waals surface area contributed by atoms with Crippen LogP contribution in [0.1, 0.15) is 30.4 Å². The van der Waals surface area contributed by atoms with Crippen molar-refractivity contribution in [3.63, 3.8) is 0 Å². The van der Waals surface area contributed by atoms with Crippen LogP contribution in [0.4, 0.5) is 4.39 Å². The molecule has 0 saturated carbocycles. The first-order valence-corrected chi connectivity index (χ1v) is 7.65. The number of hydrogen-bond acceptors (Lipinski definition) is 2. The molecule has 3 heteroatoms. The normalized spacial score (nSPS) is 19.2. The molecule has 1 unspecified atom stereocenters. The van der Waals surface area contributed by atoms with Gasteiger partial charge in [-0.2, -0.15) is 0 Å². The summed E-state index contributed by atoms with van der Waals surface area (Å²) in [5, 5.41) is 3.39. The molecule has 2 rings (SSSR count). The second-order valence-electron chi connectivity index (χ2n) is 5.74. The average molecular weight is 288 g/mol. The molecule has 21 heavy (non-hydrogen) atoms. The van der Waals surface area contributed by atoms with E-state index in [0.717, 1.165) is 42.8 Å². The van der Waals surface area contributed by atoms with Crippen molar-refractivity contribution < 1.29 is 4.39 Å². The molecule has 0 bridgehead atoms. The van der Waals surface area contributed by atoms with Gasteiger partial charge in [0.15, 0.2) is 0 Å². The summed E-state index contributed by atoms with van der Waals surface area (Å²) in [6, 6.07) is 5.27. The number of nitrogens with one attached hydrogen (secondary N) is 1. The van der Waals surface area contributed by atoms with Crippen LogP contribution in [0.3, 0.4) is 0 Å². The van der Waals surface area contributed by atoms with Gasteiger partial charge in [0.25, 0.3) is 0 Å². The van der Waals surface area contributed by atoms with Gasteiger partial charge in [-0.1, -0.05) is 25.3 Å². The fraction of sp³-hybridized carbons (Fsp3) is 0.444. The third-order valence-corrected chi connectivity index (χ3v) is 4.25. The standard InChI is InChI=1S/C18H25FN2/c1-4-15-8-9-17(19)13-16(15)10-12-21(3)18-7-5-6-11-20-14(18)2/h4,8-9,13,18,20H,1-2,5-7,10-12H2,3H3. The van der Waals surface area contributed by atoms with Crippen molar-refractivity contribution in [2.75, 3.05) is 20.1 Å². The predicted octanol–water partition coefficient (Wildman–Crippen LogP) is 3.60. The molecule has 0 amide bonds. The van der Waals surface area contributed by atoms with E-state index >= 15 is 0 Å². The first kappa shape index (κ1) is 15.8. The van der Waals surface area contributed by atoms with Gasteiger partial charge < -0.3 is 5.32 Å². The summed E-state index contributed by atoms with van der Waals surface area (Å²) in [4.78, 5) is 2.32. The second kappa shape index (κ2) is 7.41. The Morgan fingerprint density at radius 1 is 1.43 bits per heavy atom. The molecule has 1 fully saturated rings. The van der Waals surface area contributed by atoms with Gasteiger partial charge in [-0.3, -0.25) is 4.90 Å². The molecule has 1 atom stereocenters. The van der Waals surface area contributed by atoms with E-state index < -0.39 is 0 Å². The highest BCUT2D eigenvalue weighted by Crippen LogP contribution is 2.18. The summed E-state index contributed by atoms with van der Waals surface area (Å²) >= 11 is 0. The highest BCUT2D eigenvalue weighted by atomic mass is 19.1. The SMILES string of the molecule is C=Cc1ccc(F)cc1CCN(C)C1CCCCNC1=C. The second-order valence-corrected chi connectivity index (χ2v) is 5.74. The molecule has 114 valence electrons. The van der Waals surface area contributed by atoms with E-state index in [4.69, 9.17) is 0 Å². The van der Waals surface area contributed by atoms with Gasteiger partial charge >= 0.3 is 0 Å². The molecule has 0 aliphatic carbocycles. The largest absolute Gasteiger partial charge is 0.388 e.